The molecule has 0 saturated carbocycles. The van der Waals surface area contributed by atoms with E-state index in [0.29, 0.717) is 21.4 Å². The molecule has 19 heavy (non-hydrogen) atoms. The topological polar surface area (TPSA) is 75.3 Å². The molecule has 98 valence electrons. The molecule has 1 amide bonds. The van der Waals surface area contributed by atoms with E-state index in [1.807, 2.05) is 40.8 Å². The van der Waals surface area contributed by atoms with Gasteiger partial charge in [-0.3, -0.25) is 4.79 Å². The second kappa shape index (κ2) is 5.92. The number of nitrogen functional groups attached to an aromatic ring is 1. The summed E-state index contributed by atoms with van der Waals surface area (Å²) in [6.07, 6.45) is 0. The third kappa shape index (κ3) is 3.37. The average molecular weight is 368 g/mol. The minimum absolute atomic E-state index is 0.104. The molecule has 2 aromatic carbocycles. The van der Waals surface area contributed by atoms with Crippen molar-refractivity contribution in [3.8, 4) is 5.75 Å². The van der Waals surface area contributed by atoms with E-state index in [1.165, 1.54) is 6.07 Å². The van der Waals surface area contributed by atoms with Gasteiger partial charge in [-0.15, -0.1) is 0 Å². The summed E-state index contributed by atoms with van der Waals surface area (Å²) < 4.78 is 0.710. The molecule has 0 aliphatic heterocycles. The first-order valence-corrected chi connectivity index (χ1v) is 6.76. The summed E-state index contributed by atoms with van der Waals surface area (Å²) in [7, 11) is 0. The van der Waals surface area contributed by atoms with Crippen molar-refractivity contribution < 1.29 is 9.90 Å². The maximum atomic E-state index is 11.9. The van der Waals surface area contributed by atoms with Crippen molar-refractivity contribution in [2.45, 2.75) is 6.54 Å². The van der Waals surface area contributed by atoms with Crippen molar-refractivity contribution in [3.63, 3.8) is 0 Å². The van der Waals surface area contributed by atoms with Crippen LogP contribution in [0.1, 0.15) is 15.9 Å². The maximum Gasteiger partial charge on any atom is 0.251 e. The predicted octanol–water partition coefficient (Wildman–Crippen LogP) is 2.51. The number of phenolic OH excluding ortho intramolecular Hbond substituents is 1. The summed E-state index contributed by atoms with van der Waals surface area (Å²) in [6.45, 7) is 0.359. The number of carbonyl (C=O) groups is 1. The third-order valence-electron chi connectivity index (χ3n) is 2.70. The molecule has 0 spiro atoms. The van der Waals surface area contributed by atoms with E-state index in [4.69, 9.17) is 5.73 Å². The van der Waals surface area contributed by atoms with Crippen LogP contribution in [-0.2, 0) is 6.54 Å². The Labute approximate surface area is 124 Å². The molecule has 2 aromatic rings. The number of anilines is 1. The highest BCUT2D eigenvalue weighted by atomic mass is 127. The summed E-state index contributed by atoms with van der Waals surface area (Å²) in [5, 5.41) is 12.3. The average Bonchev–Trinajstić information content (AvgIpc) is 2.40. The van der Waals surface area contributed by atoms with E-state index in [1.54, 1.807) is 18.2 Å². The number of para-hydroxylation sites is 1. The van der Waals surface area contributed by atoms with Gasteiger partial charge in [0.25, 0.3) is 5.91 Å². The van der Waals surface area contributed by atoms with Crippen LogP contribution in [0, 0.1) is 3.57 Å². The van der Waals surface area contributed by atoms with Crippen molar-refractivity contribution in [2.75, 3.05) is 5.73 Å². The van der Waals surface area contributed by atoms with Gasteiger partial charge in [-0.1, -0.05) is 18.2 Å². The Morgan fingerprint density at radius 1 is 1.26 bits per heavy atom. The first-order valence-electron chi connectivity index (χ1n) is 5.68. The van der Waals surface area contributed by atoms with E-state index in [2.05, 4.69) is 5.32 Å². The number of benzene rings is 2. The minimum atomic E-state index is -0.241. The smallest absolute Gasteiger partial charge is 0.251 e. The molecule has 2 rings (SSSR count). The number of hydrogen-bond donors (Lipinski definition) is 3. The molecule has 0 radical (unpaired) electrons. The fourth-order valence-electron chi connectivity index (χ4n) is 1.63. The summed E-state index contributed by atoms with van der Waals surface area (Å²) in [5.74, 6) is -0.137. The van der Waals surface area contributed by atoms with Crippen LogP contribution in [0.2, 0.25) is 0 Å². The van der Waals surface area contributed by atoms with Crippen LogP contribution in [0.15, 0.2) is 42.5 Å². The number of rotatable bonds is 3. The number of aromatic hydroxyl groups is 1. The number of nitrogens with two attached hydrogens (primary N) is 1. The molecule has 0 atom stereocenters. The number of amides is 1. The molecule has 0 heterocycles. The van der Waals surface area contributed by atoms with Crippen LogP contribution in [0.3, 0.4) is 0 Å². The predicted molar refractivity (Wildman–Crippen MR) is 82.8 cm³/mol. The lowest BCUT2D eigenvalue weighted by Crippen LogP contribution is -2.23. The van der Waals surface area contributed by atoms with E-state index < -0.39 is 0 Å². The third-order valence-corrected chi connectivity index (χ3v) is 3.62. The fourth-order valence-corrected chi connectivity index (χ4v) is 1.96. The molecule has 5 heteroatoms. The van der Waals surface area contributed by atoms with Crippen molar-refractivity contribution in [3.05, 3.63) is 57.2 Å². The van der Waals surface area contributed by atoms with Gasteiger partial charge in [0.1, 0.15) is 5.75 Å². The Bertz CT molecular complexity index is 614. The van der Waals surface area contributed by atoms with Crippen LogP contribution in [0.25, 0.3) is 0 Å². The number of hydrogen-bond acceptors (Lipinski definition) is 3. The summed E-state index contributed by atoms with van der Waals surface area (Å²) in [5.41, 5.74) is 7.73. The normalized spacial score (nSPS) is 10.2. The van der Waals surface area contributed by atoms with Gasteiger partial charge in [0.05, 0.1) is 3.57 Å². The molecule has 0 saturated heterocycles. The lowest BCUT2D eigenvalue weighted by Gasteiger charge is -2.08. The summed E-state index contributed by atoms with van der Waals surface area (Å²) >= 11 is 2.00. The zero-order valence-electron chi connectivity index (χ0n) is 10.1. The van der Waals surface area contributed by atoms with E-state index in [-0.39, 0.29) is 11.7 Å². The van der Waals surface area contributed by atoms with Crippen molar-refractivity contribution in [1.29, 1.82) is 0 Å². The second-order valence-electron chi connectivity index (χ2n) is 4.05. The molecular formula is C14H13IN2O2. The van der Waals surface area contributed by atoms with Gasteiger partial charge in [0.2, 0.25) is 0 Å². The van der Waals surface area contributed by atoms with Crippen LogP contribution < -0.4 is 11.1 Å². The first kappa shape index (κ1) is 13.7. The van der Waals surface area contributed by atoms with Gasteiger partial charge in [0, 0.05) is 17.8 Å². The van der Waals surface area contributed by atoms with Gasteiger partial charge in [0.15, 0.2) is 0 Å². The molecule has 0 unspecified atom stereocenters. The SMILES string of the molecule is Nc1ccccc1CNC(=O)c1ccc(I)c(O)c1. The van der Waals surface area contributed by atoms with Gasteiger partial charge in [-0.05, 0) is 52.4 Å². The molecule has 0 aliphatic rings. The largest absolute Gasteiger partial charge is 0.507 e. The highest BCUT2D eigenvalue weighted by molar-refractivity contribution is 14.1. The lowest BCUT2D eigenvalue weighted by molar-refractivity contribution is 0.0950. The van der Waals surface area contributed by atoms with Crippen LogP contribution in [0.5, 0.6) is 5.75 Å². The molecule has 4 nitrogen and oxygen atoms in total. The Morgan fingerprint density at radius 2 is 2.00 bits per heavy atom. The van der Waals surface area contributed by atoms with Crippen LogP contribution in [-0.4, -0.2) is 11.0 Å². The fraction of sp³-hybridized carbons (Fsp3) is 0.0714. The quantitative estimate of drug-likeness (QED) is 0.576. The number of phenols is 1. The number of nitrogens with one attached hydrogen (secondary N) is 1. The highest BCUT2D eigenvalue weighted by Gasteiger charge is 2.08. The van der Waals surface area contributed by atoms with Crippen LogP contribution >= 0.6 is 22.6 Å². The molecule has 4 N–H and O–H groups in total. The molecule has 0 bridgehead atoms. The number of carbonyl (C=O) groups excluding carboxylic acids is 1. The van der Waals surface area contributed by atoms with Crippen LogP contribution in [0.4, 0.5) is 5.69 Å². The Hall–Kier alpha value is -1.76. The van der Waals surface area contributed by atoms with Gasteiger partial charge >= 0.3 is 0 Å². The van der Waals surface area contributed by atoms with Gasteiger partial charge < -0.3 is 16.2 Å². The first-order chi connectivity index (χ1) is 9.08. The second-order valence-corrected chi connectivity index (χ2v) is 5.21. The standard InChI is InChI=1S/C14H13IN2O2/c15-11-6-5-9(7-13(11)18)14(19)17-8-10-3-1-2-4-12(10)16/h1-7,18H,8,16H2,(H,17,19). The van der Waals surface area contributed by atoms with Crippen molar-refractivity contribution in [1.82, 2.24) is 5.32 Å². The Morgan fingerprint density at radius 3 is 2.68 bits per heavy atom. The lowest BCUT2D eigenvalue weighted by atomic mass is 10.1. The summed E-state index contributed by atoms with van der Waals surface area (Å²) in [4.78, 5) is 11.9. The maximum absolute atomic E-state index is 11.9. The Balaban J connectivity index is 2.05. The van der Waals surface area contributed by atoms with E-state index in [0.717, 1.165) is 5.56 Å². The zero-order chi connectivity index (χ0) is 13.8. The number of halogens is 1. The molecule has 0 fully saturated rings. The van der Waals surface area contributed by atoms with E-state index >= 15 is 0 Å². The molecule has 0 aromatic heterocycles. The van der Waals surface area contributed by atoms with Crippen molar-refractivity contribution in [2.24, 2.45) is 0 Å². The van der Waals surface area contributed by atoms with Crippen molar-refractivity contribution >= 4 is 34.2 Å². The highest BCUT2D eigenvalue weighted by Crippen LogP contribution is 2.20. The van der Waals surface area contributed by atoms with Gasteiger partial charge in [-0.25, -0.2) is 0 Å². The molecule has 0 aliphatic carbocycles. The summed E-state index contributed by atoms with van der Waals surface area (Å²) in [6, 6.07) is 12.2. The van der Waals surface area contributed by atoms with Gasteiger partial charge in [-0.2, -0.15) is 0 Å². The zero-order valence-corrected chi connectivity index (χ0v) is 12.2. The minimum Gasteiger partial charge on any atom is -0.507 e. The van der Waals surface area contributed by atoms with E-state index in [9.17, 15) is 9.90 Å². The Kier molecular flexibility index (Phi) is 4.26. The monoisotopic (exact) mass is 368 g/mol. The molecular weight excluding hydrogens is 355 g/mol.